The number of anilines is 1. The number of nitrogens with two attached hydrogens (primary N) is 1. The van der Waals surface area contributed by atoms with Crippen LogP contribution in [-0.2, 0) is 0 Å². The molecule has 0 radical (unpaired) electrons. The largest absolute Gasteiger partial charge is 0.399 e. The minimum atomic E-state index is 0.0674. The van der Waals surface area contributed by atoms with E-state index in [-0.39, 0.29) is 5.91 Å². The molecule has 1 fully saturated rings. The van der Waals surface area contributed by atoms with Crippen LogP contribution in [0.25, 0.3) is 0 Å². The molecule has 1 unspecified atom stereocenters. The Hall–Kier alpha value is -1.55. The number of amides is 1. The van der Waals surface area contributed by atoms with Gasteiger partial charge in [0.1, 0.15) is 0 Å². The van der Waals surface area contributed by atoms with Gasteiger partial charge in [-0.2, -0.15) is 0 Å². The molecule has 0 aromatic heterocycles. The molecule has 1 heterocycles. The van der Waals surface area contributed by atoms with Crippen molar-refractivity contribution >= 4 is 11.6 Å². The van der Waals surface area contributed by atoms with Crippen molar-refractivity contribution < 1.29 is 4.79 Å². The van der Waals surface area contributed by atoms with E-state index in [0.29, 0.717) is 17.3 Å². The fourth-order valence-corrected chi connectivity index (χ4v) is 2.99. The predicted molar refractivity (Wildman–Crippen MR) is 82.8 cm³/mol. The molecular formula is C16H25N3O. The molecular weight excluding hydrogens is 250 g/mol. The lowest BCUT2D eigenvalue weighted by Gasteiger charge is -2.28. The minimum absolute atomic E-state index is 0.0674. The molecule has 1 amide bonds. The number of nitrogen functional groups attached to an aromatic ring is 1. The van der Waals surface area contributed by atoms with Gasteiger partial charge in [0.05, 0.1) is 0 Å². The second kappa shape index (κ2) is 6.27. The smallest absolute Gasteiger partial charge is 0.253 e. The van der Waals surface area contributed by atoms with E-state index < -0.39 is 0 Å². The lowest BCUT2D eigenvalue weighted by Crippen LogP contribution is -2.41. The number of aryl methyl sites for hydroxylation is 1. The summed E-state index contributed by atoms with van der Waals surface area (Å²) in [5.41, 5.74) is 8.13. The molecule has 20 heavy (non-hydrogen) atoms. The number of carbonyl (C=O) groups is 1. The average molecular weight is 275 g/mol. The normalized spacial score (nSPS) is 19.2. The van der Waals surface area contributed by atoms with E-state index in [4.69, 9.17) is 5.73 Å². The van der Waals surface area contributed by atoms with E-state index in [0.717, 1.165) is 25.2 Å². The molecule has 0 bridgehead atoms. The van der Waals surface area contributed by atoms with Crippen LogP contribution in [0.2, 0.25) is 0 Å². The van der Waals surface area contributed by atoms with Gasteiger partial charge in [0.15, 0.2) is 0 Å². The highest BCUT2D eigenvalue weighted by Crippen LogP contribution is 2.19. The summed E-state index contributed by atoms with van der Waals surface area (Å²) in [5.74, 6) is 0.0674. The maximum absolute atomic E-state index is 12.6. The van der Waals surface area contributed by atoms with Gasteiger partial charge >= 0.3 is 0 Å². The molecule has 4 heteroatoms. The number of hydrogen-bond donors (Lipinski definition) is 1. The van der Waals surface area contributed by atoms with Crippen LogP contribution in [0, 0.1) is 6.92 Å². The van der Waals surface area contributed by atoms with Gasteiger partial charge in [-0.1, -0.05) is 13.0 Å². The molecule has 0 spiro atoms. The monoisotopic (exact) mass is 275 g/mol. The molecule has 1 aromatic carbocycles. The highest BCUT2D eigenvalue weighted by molar-refractivity contribution is 5.96. The Balaban J connectivity index is 2.07. The zero-order valence-corrected chi connectivity index (χ0v) is 12.7. The number of hydrogen-bond acceptors (Lipinski definition) is 3. The van der Waals surface area contributed by atoms with Gasteiger partial charge in [0.2, 0.25) is 0 Å². The van der Waals surface area contributed by atoms with Gasteiger partial charge in [0.25, 0.3) is 5.91 Å². The summed E-state index contributed by atoms with van der Waals surface area (Å²) in [5, 5.41) is 0. The standard InChI is InChI=1S/C16H25N3O/c1-4-19-9-5-6-14(19)11-18(3)16(20)15-10-13(17)8-7-12(15)2/h7-8,10,14H,4-6,9,11,17H2,1-3H3. The van der Waals surface area contributed by atoms with E-state index in [1.54, 1.807) is 6.07 Å². The van der Waals surface area contributed by atoms with Crippen molar-refractivity contribution in [2.24, 2.45) is 0 Å². The topological polar surface area (TPSA) is 49.6 Å². The predicted octanol–water partition coefficient (Wildman–Crippen LogP) is 2.13. The maximum atomic E-state index is 12.6. The van der Waals surface area contributed by atoms with Crippen molar-refractivity contribution in [3.63, 3.8) is 0 Å². The first-order valence-electron chi connectivity index (χ1n) is 7.38. The molecule has 4 nitrogen and oxygen atoms in total. The van der Waals surface area contributed by atoms with Gasteiger partial charge < -0.3 is 10.6 Å². The summed E-state index contributed by atoms with van der Waals surface area (Å²) in [4.78, 5) is 16.8. The first-order chi connectivity index (χ1) is 9.52. The fraction of sp³-hybridized carbons (Fsp3) is 0.562. The first-order valence-corrected chi connectivity index (χ1v) is 7.38. The van der Waals surface area contributed by atoms with Crippen LogP contribution in [0.3, 0.4) is 0 Å². The highest BCUT2D eigenvalue weighted by atomic mass is 16.2. The van der Waals surface area contributed by atoms with Crippen molar-refractivity contribution in [2.45, 2.75) is 32.7 Å². The number of carbonyl (C=O) groups excluding carboxylic acids is 1. The number of likely N-dealkylation sites (N-methyl/N-ethyl adjacent to an activating group) is 2. The van der Waals surface area contributed by atoms with Crippen molar-refractivity contribution in [3.8, 4) is 0 Å². The van der Waals surface area contributed by atoms with Crippen LogP contribution in [-0.4, -0.2) is 48.4 Å². The molecule has 110 valence electrons. The summed E-state index contributed by atoms with van der Waals surface area (Å²) >= 11 is 0. The van der Waals surface area contributed by atoms with Gasteiger partial charge in [0, 0.05) is 30.9 Å². The van der Waals surface area contributed by atoms with Crippen molar-refractivity contribution in [1.82, 2.24) is 9.80 Å². The van der Waals surface area contributed by atoms with Gasteiger partial charge in [-0.05, 0) is 50.6 Å². The van der Waals surface area contributed by atoms with E-state index in [1.807, 2.05) is 31.0 Å². The molecule has 0 saturated carbocycles. The third-order valence-electron chi connectivity index (χ3n) is 4.23. The lowest BCUT2D eigenvalue weighted by atomic mass is 10.1. The highest BCUT2D eigenvalue weighted by Gasteiger charge is 2.26. The molecule has 1 aromatic rings. The Kier molecular flexibility index (Phi) is 4.65. The van der Waals surface area contributed by atoms with Crippen molar-refractivity contribution in [3.05, 3.63) is 29.3 Å². The molecule has 1 aliphatic rings. The Bertz CT molecular complexity index is 487. The van der Waals surface area contributed by atoms with E-state index >= 15 is 0 Å². The van der Waals surface area contributed by atoms with Crippen LogP contribution in [0.4, 0.5) is 5.69 Å². The number of benzene rings is 1. The van der Waals surface area contributed by atoms with Crippen molar-refractivity contribution in [2.75, 3.05) is 32.4 Å². The molecule has 1 saturated heterocycles. The van der Waals surface area contributed by atoms with Gasteiger partial charge in [-0.3, -0.25) is 9.69 Å². The zero-order valence-electron chi connectivity index (χ0n) is 12.7. The number of likely N-dealkylation sites (tertiary alicyclic amines) is 1. The Labute approximate surface area is 121 Å². The number of rotatable bonds is 4. The lowest BCUT2D eigenvalue weighted by molar-refractivity contribution is 0.0754. The Morgan fingerprint density at radius 2 is 2.25 bits per heavy atom. The SMILES string of the molecule is CCN1CCCC1CN(C)C(=O)c1cc(N)ccc1C. The molecule has 1 atom stereocenters. The summed E-state index contributed by atoms with van der Waals surface area (Å²) in [7, 11) is 1.89. The van der Waals surface area contributed by atoms with E-state index in [9.17, 15) is 4.79 Å². The number of nitrogens with zero attached hydrogens (tertiary/aromatic N) is 2. The quantitative estimate of drug-likeness (QED) is 0.856. The van der Waals surface area contributed by atoms with E-state index in [2.05, 4.69) is 11.8 Å². The van der Waals surface area contributed by atoms with Gasteiger partial charge in [-0.25, -0.2) is 0 Å². The average Bonchev–Trinajstić information content (AvgIpc) is 2.87. The molecule has 2 rings (SSSR count). The first kappa shape index (κ1) is 14.9. The van der Waals surface area contributed by atoms with Crippen LogP contribution >= 0.6 is 0 Å². The molecule has 2 N–H and O–H groups in total. The minimum Gasteiger partial charge on any atom is -0.399 e. The Morgan fingerprint density at radius 3 is 2.95 bits per heavy atom. The second-order valence-electron chi connectivity index (χ2n) is 5.68. The maximum Gasteiger partial charge on any atom is 0.253 e. The summed E-state index contributed by atoms with van der Waals surface area (Å²) in [6.07, 6.45) is 2.42. The zero-order chi connectivity index (χ0) is 14.7. The third-order valence-corrected chi connectivity index (χ3v) is 4.23. The van der Waals surface area contributed by atoms with Gasteiger partial charge in [-0.15, -0.1) is 0 Å². The van der Waals surface area contributed by atoms with E-state index in [1.165, 1.54) is 12.8 Å². The van der Waals surface area contributed by atoms with Crippen LogP contribution in [0.1, 0.15) is 35.7 Å². The van der Waals surface area contributed by atoms with Crippen LogP contribution < -0.4 is 5.73 Å². The third kappa shape index (κ3) is 3.12. The Morgan fingerprint density at radius 1 is 1.50 bits per heavy atom. The molecule has 0 aliphatic carbocycles. The van der Waals surface area contributed by atoms with Crippen LogP contribution in [0.15, 0.2) is 18.2 Å². The fourth-order valence-electron chi connectivity index (χ4n) is 2.99. The van der Waals surface area contributed by atoms with Crippen LogP contribution in [0.5, 0.6) is 0 Å². The second-order valence-corrected chi connectivity index (χ2v) is 5.68. The molecule has 1 aliphatic heterocycles. The summed E-state index contributed by atoms with van der Waals surface area (Å²) in [6, 6.07) is 6.02. The van der Waals surface area contributed by atoms with Crippen molar-refractivity contribution in [1.29, 1.82) is 0 Å². The summed E-state index contributed by atoms with van der Waals surface area (Å²) < 4.78 is 0. The summed E-state index contributed by atoms with van der Waals surface area (Å²) in [6.45, 7) is 7.14.